The number of para-hydroxylation sites is 1. The summed E-state index contributed by atoms with van der Waals surface area (Å²) in [7, 11) is 0. The third-order valence-corrected chi connectivity index (χ3v) is 19.9. The van der Waals surface area contributed by atoms with Gasteiger partial charge >= 0.3 is 0 Å². The van der Waals surface area contributed by atoms with Crippen molar-refractivity contribution in [2.45, 2.75) is 153 Å². The summed E-state index contributed by atoms with van der Waals surface area (Å²) in [5.74, 6) is 1.09. The Labute approximate surface area is 469 Å². The number of hydrogen-bond donors (Lipinski definition) is 1. The van der Waals surface area contributed by atoms with Crippen molar-refractivity contribution in [3.8, 4) is 11.3 Å². The zero-order valence-electron chi connectivity index (χ0n) is 46.7. The molecule has 1 N–H and O–H groups in total. The van der Waals surface area contributed by atoms with Gasteiger partial charge in [0, 0.05) is 86.8 Å². The van der Waals surface area contributed by atoms with E-state index in [2.05, 4.69) is 61.5 Å². The first kappa shape index (κ1) is 52.8. The predicted molar refractivity (Wildman–Crippen MR) is 307 cm³/mol. The number of pyridine rings is 1. The minimum absolute atomic E-state index is 0.0217. The molecule has 1 spiro atoms. The van der Waals surface area contributed by atoms with Crippen molar-refractivity contribution in [2.24, 2.45) is 17.8 Å². The molecule has 15 nitrogen and oxygen atoms in total. The number of imidazole rings is 1. The summed E-state index contributed by atoms with van der Waals surface area (Å²) in [6.07, 6.45) is 16.3. The highest BCUT2D eigenvalue weighted by Gasteiger charge is 2.56. The molecule has 3 aromatic carbocycles. The molecule has 2 saturated carbocycles. The monoisotopic (exact) mass is 1080 g/mol. The molecule has 5 aromatic rings. The molecule has 6 aliphatic heterocycles. The van der Waals surface area contributed by atoms with Crippen LogP contribution in [0.3, 0.4) is 0 Å². The molecule has 0 unspecified atom stereocenters. The van der Waals surface area contributed by atoms with Gasteiger partial charge in [-0.3, -0.25) is 28.9 Å². The quantitative estimate of drug-likeness (QED) is 0.127. The summed E-state index contributed by atoms with van der Waals surface area (Å²) in [4.78, 5) is 91.4. The Hall–Kier alpha value is -6.52. The van der Waals surface area contributed by atoms with Gasteiger partial charge < -0.3 is 34.4 Å². The molecule has 2 aliphatic carbocycles. The van der Waals surface area contributed by atoms with Crippen molar-refractivity contribution < 1.29 is 28.4 Å². The molecular formula is C64H77FN10O5. The Morgan fingerprint density at radius 3 is 2.19 bits per heavy atom. The number of carbonyl (C=O) groups excluding carboxylic acids is 5. The number of anilines is 4. The molecule has 2 aromatic heterocycles. The summed E-state index contributed by atoms with van der Waals surface area (Å²) in [6, 6.07) is 21.5. The lowest BCUT2D eigenvalue weighted by molar-refractivity contribution is -0.140. The van der Waals surface area contributed by atoms with Crippen molar-refractivity contribution >= 4 is 63.4 Å². The minimum atomic E-state index is -0.706. The number of rotatable bonds is 11. The highest BCUT2D eigenvalue weighted by molar-refractivity contribution is 6.16. The van der Waals surface area contributed by atoms with Gasteiger partial charge in [0.2, 0.25) is 29.5 Å². The summed E-state index contributed by atoms with van der Waals surface area (Å²) in [6.45, 7) is 11.6. The first-order chi connectivity index (χ1) is 38.9. The molecule has 420 valence electrons. The lowest BCUT2D eigenvalue weighted by Crippen LogP contribution is -2.58. The summed E-state index contributed by atoms with van der Waals surface area (Å²) in [5.41, 5.74) is 7.61. The maximum absolute atomic E-state index is 15.3. The largest absolute Gasteiger partial charge is 0.342 e. The second-order valence-corrected chi connectivity index (χ2v) is 25.0. The number of carbonyl (C=O) groups is 5. The molecule has 5 amide bonds. The minimum Gasteiger partial charge on any atom is -0.342 e. The molecule has 0 bridgehead atoms. The molecule has 4 saturated heterocycles. The van der Waals surface area contributed by atoms with Gasteiger partial charge in [-0.25, -0.2) is 14.4 Å². The number of nitrogens with one attached hydrogen (secondary N) is 1. The number of halogens is 1. The van der Waals surface area contributed by atoms with E-state index in [9.17, 15) is 19.2 Å². The van der Waals surface area contributed by atoms with Gasteiger partial charge in [-0.2, -0.15) is 0 Å². The Kier molecular flexibility index (Phi) is 14.4. The van der Waals surface area contributed by atoms with Gasteiger partial charge in [0.1, 0.15) is 11.3 Å². The second kappa shape index (κ2) is 21.8. The highest BCUT2D eigenvalue weighted by atomic mass is 19.1. The molecule has 16 heteroatoms. The van der Waals surface area contributed by atoms with Crippen LogP contribution in [0, 0.1) is 23.6 Å². The fraction of sp³-hybridized carbons (Fsp3) is 0.547. The summed E-state index contributed by atoms with van der Waals surface area (Å²) < 4.78 is 17.2. The average Bonchev–Trinajstić information content (AvgIpc) is 4.24. The second-order valence-electron chi connectivity index (χ2n) is 25.0. The van der Waals surface area contributed by atoms with Crippen LogP contribution >= 0.6 is 0 Å². The van der Waals surface area contributed by atoms with Crippen LogP contribution in [0.4, 0.5) is 27.3 Å². The van der Waals surface area contributed by atoms with E-state index in [0.29, 0.717) is 93.1 Å². The van der Waals surface area contributed by atoms with E-state index in [0.717, 1.165) is 129 Å². The third-order valence-electron chi connectivity index (χ3n) is 19.9. The lowest BCUT2D eigenvalue weighted by Gasteiger charge is -2.48. The van der Waals surface area contributed by atoms with Crippen LogP contribution in [0.1, 0.15) is 139 Å². The number of amides is 5. The maximum Gasteiger partial charge on any atom is 0.238 e. The van der Waals surface area contributed by atoms with E-state index < -0.39 is 5.41 Å². The zero-order chi connectivity index (χ0) is 54.8. The zero-order valence-corrected chi connectivity index (χ0v) is 46.7. The molecule has 80 heavy (non-hydrogen) atoms. The van der Waals surface area contributed by atoms with Gasteiger partial charge in [0.25, 0.3) is 0 Å². The first-order valence-electron chi connectivity index (χ1n) is 30.3. The van der Waals surface area contributed by atoms with Crippen LogP contribution in [-0.4, -0.2) is 128 Å². The summed E-state index contributed by atoms with van der Waals surface area (Å²) in [5, 5.41) is 3.30. The molecule has 8 aliphatic rings. The fourth-order valence-corrected chi connectivity index (χ4v) is 15.2. The maximum atomic E-state index is 15.3. The van der Waals surface area contributed by atoms with Crippen LogP contribution in [0.5, 0.6) is 0 Å². The van der Waals surface area contributed by atoms with E-state index in [-0.39, 0.29) is 59.3 Å². The third kappa shape index (κ3) is 9.79. The van der Waals surface area contributed by atoms with Gasteiger partial charge in [-0.05, 0) is 189 Å². The van der Waals surface area contributed by atoms with Crippen LogP contribution in [0.25, 0.3) is 22.3 Å². The highest BCUT2D eigenvalue weighted by Crippen LogP contribution is 2.52. The number of fused-ring (bicyclic) bond motifs is 4. The van der Waals surface area contributed by atoms with E-state index in [1.807, 2.05) is 35.5 Å². The molecular weight excluding hydrogens is 1010 g/mol. The van der Waals surface area contributed by atoms with Crippen molar-refractivity contribution in [2.75, 3.05) is 67.5 Å². The Balaban J connectivity index is 0.639. The molecule has 13 rings (SSSR count). The van der Waals surface area contributed by atoms with Crippen LogP contribution in [0.2, 0.25) is 0 Å². The SMILES string of the molecule is CC(C)n1cnc2cc(-c3ccc4c(c3)N(C3CC(N5CCCCC5)C3)C(=O)C43CCN(C(=O)C4CCN(CC5CCC(C(=O)N6CCc7cc(N8C(=O)CCCC8=O)ccc7C6)CC5)CC4)CC3)nc(Nc3ccccc3F)c21. The van der Waals surface area contributed by atoms with Crippen LogP contribution < -0.4 is 15.1 Å². The number of nitrogens with zero attached hydrogens (tertiary/aromatic N) is 9. The Morgan fingerprint density at radius 1 is 0.725 bits per heavy atom. The molecule has 0 atom stereocenters. The van der Waals surface area contributed by atoms with Gasteiger partial charge in [0.15, 0.2) is 5.82 Å². The normalized spacial score (nSPS) is 24.9. The Bertz CT molecular complexity index is 3200. The molecule has 0 radical (unpaired) electrons. The van der Waals surface area contributed by atoms with Crippen LogP contribution in [0.15, 0.2) is 73.1 Å². The van der Waals surface area contributed by atoms with Crippen molar-refractivity contribution in [1.82, 2.24) is 34.1 Å². The van der Waals surface area contributed by atoms with Crippen molar-refractivity contribution in [3.63, 3.8) is 0 Å². The smallest absolute Gasteiger partial charge is 0.238 e. The van der Waals surface area contributed by atoms with Gasteiger partial charge in [-0.1, -0.05) is 36.8 Å². The fourth-order valence-electron chi connectivity index (χ4n) is 15.2. The number of hydrogen-bond acceptors (Lipinski definition) is 10. The number of aromatic nitrogens is 3. The van der Waals surface area contributed by atoms with E-state index in [1.54, 1.807) is 18.2 Å². The van der Waals surface area contributed by atoms with E-state index >= 15 is 9.18 Å². The number of benzene rings is 3. The number of likely N-dealkylation sites (tertiary alicyclic amines) is 3. The van der Waals surface area contributed by atoms with Crippen molar-refractivity contribution in [3.05, 3.63) is 95.6 Å². The summed E-state index contributed by atoms with van der Waals surface area (Å²) >= 11 is 0. The predicted octanol–water partition coefficient (Wildman–Crippen LogP) is 9.93. The van der Waals surface area contributed by atoms with Gasteiger partial charge in [-0.15, -0.1) is 0 Å². The number of piperidine rings is 4. The van der Waals surface area contributed by atoms with Gasteiger partial charge in [0.05, 0.1) is 34.3 Å². The topological polar surface area (TPSA) is 148 Å². The van der Waals surface area contributed by atoms with Crippen molar-refractivity contribution in [1.29, 1.82) is 0 Å². The first-order valence-corrected chi connectivity index (χ1v) is 30.3. The molecule has 6 fully saturated rings. The lowest BCUT2D eigenvalue weighted by atomic mass is 9.73. The average molecular weight is 1090 g/mol. The number of imide groups is 1. The van der Waals surface area contributed by atoms with Crippen LogP contribution in [-0.2, 0) is 42.4 Å². The Morgan fingerprint density at radius 2 is 1.45 bits per heavy atom. The molecule has 8 heterocycles. The standard InChI is InChI=1S/C64H77FN10O5/c1-41(2)73-40-66-55-37-54(68-60(59(55)73)67-53-10-5-4-9-52(53)65)46-18-20-51-56(34-46)74(50-35-49(36-50)70-26-6-3-7-27-70)63(80)64(51)24-31-71(32-25-64)61(78)44-21-28-69(29-22-44)38-42-13-15-43(16-14-42)62(79)72-30-23-45-33-48(19-17-47(45)39-72)75-57(76)11-8-12-58(75)77/h4-5,9-10,17-20,33-34,37,40-44,49-50H,3,6-8,11-16,21-32,35-36,38-39H2,1-2H3,(H,67,68). The van der Waals surface area contributed by atoms with E-state index in [4.69, 9.17) is 9.97 Å². The van der Waals surface area contributed by atoms with E-state index in [1.165, 1.54) is 30.2 Å².